The van der Waals surface area contributed by atoms with Gasteiger partial charge in [-0.15, -0.1) is 10.2 Å². The molecule has 0 aromatic carbocycles. The summed E-state index contributed by atoms with van der Waals surface area (Å²) in [5, 5.41) is 10.2. The highest BCUT2D eigenvalue weighted by molar-refractivity contribution is 7.15. The molecule has 0 radical (unpaired) electrons. The van der Waals surface area contributed by atoms with Crippen molar-refractivity contribution in [2.75, 3.05) is 29.4 Å². The summed E-state index contributed by atoms with van der Waals surface area (Å²) >= 11 is 1.58. The van der Waals surface area contributed by atoms with Gasteiger partial charge in [0.2, 0.25) is 5.13 Å². The highest BCUT2D eigenvalue weighted by atomic mass is 32.1. The van der Waals surface area contributed by atoms with Crippen molar-refractivity contribution in [3.63, 3.8) is 0 Å². The number of alkyl halides is 3. The fraction of sp³-hybridized carbons (Fsp3) is 0.533. The smallest absolute Gasteiger partial charge is 0.354 e. The lowest BCUT2D eigenvalue weighted by atomic mass is 10.1. The topological polar surface area (TPSA) is 45.2 Å². The van der Waals surface area contributed by atoms with E-state index in [1.807, 2.05) is 6.92 Å². The van der Waals surface area contributed by atoms with E-state index in [4.69, 9.17) is 0 Å². The molecule has 2 aliphatic heterocycles. The number of pyridine rings is 1. The molecule has 0 amide bonds. The number of aryl methyl sites for hydroxylation is 1. The minimum atomic E-state index is -4.35. The first-order chi connectivity index (χ1) is 11.4. The number of aromatic nitrogens is 3. The van der Waals surface area contributed by atoms with Crippen LogP contribution in [0.15, 0.2) is 18.3 Å². The molecule has 5 nitrogen and oxygen atoms in total. The Balaban J connectivity index is 1.50. The monoisotopic (exact) mass is 355 g/mol. The Bertz CT molecular complexity index is 729. The van der Waals surface area contributed by atoms with Crippen molar-refractivity contribution in [2.45, 2.75) is 25.6 Å². The Morgan fingerprint density at radius 1 is 1.21 bits per heavy atom. The van der Waals surface area contributed by atoms with Gasteiger partial charge in [0, 0.05) is 31.7 Å². The van der Waals surface area contributed by atoms with E-state index >= 15 is 0 Å². The number of nitrogens with zero attached hydrogens (tertiary/aromatic N) is 5. The summed E-state index contributed by atoms with van der Waals surface area (Å²) in [7, 11) is 0. The Morgan fingerprint density at radius 2 is 2.04 bits per heavy atom. The summed E-state index contributed by atoms with van der Waals surface area (Å²) < 4.78 is 38.0. The van der Waals surface area contributed by atoms with E-state index in [-0.39, 0.29) is 0 Å². The van der Waals surface area contributed by atoms with Crippen molar-refractivity contribution in [1.82, 2.24) is 15.2 Å². The van der Waals surface area contributed by atoms with Crippen LogP contribution in [0.4, 0.5) is 24.1 Å². The number of hydrogen-bond acceptors (Lipinski definition) is 6. The van der Waals surface area contributed by atoms with Gasteiger partial charge >= 0.3 is 6.18 Å². The molecule has 9 heteroatoms. The second-order valence-electron chi connectivity index (χ2n) is 6.22. The standard InChI is InChI=1S/C15H16F3N5S/c1-9-20-21-14(24-9)23-5-4-10-7-22(8-12(10)23)13-3-2-11(6-19-13)15(16,17)18/h2-3,6,10,12H,4-5,7-8H2,1H3. The molecular formula is C15H16F3N5S. The van der Waals surface area contributed by atoms with E-state index in [1.165, 1.54) is 6.07 Å². The van der Waals surface area contributed by atoms with Gasteiger partial charge in [0.25, 0.3) is 0 Å². The fourth-order valence-electron chi connectivity index (χ4n) is 3.53. The Hall–Kier alpha value is -1.90. The van der Waals surface area contributed by atoms with E-state index < -0.39 is 11.7 Å². The molecule has 0 aliphatic carbocycles. The Kier molecular flexibility index (Phi) is 3.63. The zero-order chi connectivity index (χ0) is 16.9. The van der Waals surface area contributed by atoms with Crippen LogP contribution >= 0.6 is 11.3 Å². The van der Waals surface area contributed by atoms with Crippen LogP contribution in [0.1, 0.15) is 17.0 Å². The van der Waals surface area contributed by atoms with Crippen molar-refractivity contribution >= 4 is 22.3 Å². The second kappa shape index (κ2) is 5.58. The lowest BCUT2D eigenvalue weighted by Crippen LogP contribution is -2.35. The predicted octanol–water partition coefficient (Wildman–Crippen LogP) is 2.98. The van der Waals surface area contributed by atoms with E-state index in [0.717, 1.165) is 48.5 Å². The average molecular weight is 355 g/mol. The lowest BCUT2D eigenvalue weighted by Gasteiger charge is -2.24. The van der Waals surface area contributed by atoms with Crippen LogP contribution < -0.4 is 9.80 Å². The minimum Gasteiger partial charge on any atom is -0.354 e. The quantitative estimate of drug-likeness (QED) is 0.829. The third kappa shape index (κ3) is 2.70. The molecule has 4 rings (SSSR count). The summed E-state index contributed by atoms with van der Waals surface area (Å²) in [5.41, 5.74) is -0.711. The van der Waals surface area contributed by atoms with Crippen LogP contribution in [0.5, 0.6) is 0 Å². The molecule has 0 bridgehead atoms. The van der Waals surface area contributed by atoms with Gasteiger partial charge in [0.15, 0.2) is 0 Å². The summed E-state index contributed by atoms with van der Waals surface area (Å²) in [6, 6.07) is 2.88. The zero-order valence-electron chi connectivity index (χ0n) is 13.0. The third-order valence-electron chi connectivity index (χ3n) is 4.71. The normalized spacial score (nSPS) is 23.8. The SMILES string of the molecule is Cc1nnc(N2CCC3CN(c4ccc(C(F)(F)F)cn4)CC32)s1. The van der Waals surface area contributed by atoms with Crippen LogP contribution in [0, 0.1) is 12.8 Å². The van der Waals surface area contributed by atoms with Gasteiger partial charge in [0.1, 0.15) is 10.8 Å². The van der Waals surface area contributed by atoms with Crippen LogP contribution in [0.25, 0.3) is 0 Å². The van der Waals surface area contributed by atoms with Crippen LogP contribution in [-0.4, -0.2) is 40.9 Å². The Morgan fingerprint density at radius 3 is 2.67 bits per heavy atom. The number of rotatable bonds is 2. The third-order valence-corrected chi connectivity index (χ3v) is 5.58. The number of hydrogen-bond donors (Lipinski definition) is 0. The maximum absolute atomic E-state index is 12.7. The molecule has 2 aliphatic rings. The maximum atomic E-state index is 12.7. The first-order valence-corrected chi connectivity index (χ1v) is 8.58. The van der Waals surface area contributed by atoms with Gasteiger partial charge in [-0.3, -0.25) is 0 Å². The molecule has 4 heterocycles. The van der Waals surface area contributed by atoms with Crippen LogP contribution in [0.3, 0.4) is 0 Å². The molecule has 2 unspecified atom stereocenters. The molecule has 0 N–H and O–H groups in total. The predicted molar refractivity (Wildman–Crippen MR) is 85.3 cm³/mol. The van der Waals surface area contributed by atoms with Crippen molar-refractivity contribution in [3.05, 3.63) is 28.9 Å². The summed E-state index contributed by atoms with van der Waals surface area (Å²) in [6.45, 7) is 4.46. The van der Waals surface area contributed by atoms with E-state index in [9.17, 15) is 13.2 Å². The first-order valence-electron chi connectivity index (χ1n) is 7.77. The number of fused-ring (bicyclic) bond motifs is 1. The van der Waals surface area contributed by atoms with Crippen molar-refractivity contribution in [1.29, 1.82) is 0 Å². The molecule has 0 spiro atoms. The van der Waals surface area contributed by atoms with Crippen molar-refractivity contribution in [3.8, 4) is 0 Å². The fourth-order valence-corrected chi connectivity index (χ4v) is 4.30. The van der Waals surface area contributed by atoms with Gasteiger partial charge < -0.3 is 9.80 Å². The summed E-state index contributed by atoms with van der Waals surface area (Å²) in [5.74, 6) is 1.09. The van der Waals surface area contributed by atoms with E-state index in [0.29, 0.717) is 17.8 Å². The molecule has 128 valence electrons. The number of halogens is 3. The lowest BCUT2D eigenvalue weighted by molar-refractivity contribution is -0.137. The van der Waals surface area contributed by atoms with Gasteiger partial charge in [0.05, 0.1) is 11.6 Å². The largest absolute Gasteiger partial charge is 0.417 e. The van der Waals surface area contributed by atoms with Gasteiger partial charge in [-0.05, 0) is 25.5 Å². The highest BCUT2D eigenvalue weighted by Crippen LogP contribution is 2.38. The van der Waals surface area contributed by atoms with Gasteiger partial charge in [-0.2, -0.15) is 13.2 Å². The first kappa shape index (κ1) is 15.6. The molecule has 2 saturated heterocycles. The Labute approximate surface area is 141 Å². The van der Waals surface area contributed by atoms with Crippen LogP contribution in [0.2, 0.25) is 0 Å². The molecular weight excluding hydrogens is 339 g/mol. The zero-order valence-corrected chi connectivity index (χ0v) is 13.8. The van der Waals surface area contributed by atoms with E-state index in [1.54, 1.807) is 11.3 Å². The molecule has 24 heavy (non-hydrogen) atoms. The molecule has 2 fully saturated rings. The number of anilines is 2. The second-order valence-corrected chi connectivity index (χ2v) is 7.38. The maximum Gasteiger partial charge on any atom is 0.417 e. The molecule has 2 atom stereocenters. The summed E-state index contributed by atoms with van der Waals surface area (Å²) in [6.07, 6.45) is -2.38. The van der Waals surface area contributed by atoms with Gasteiger partial charge in [-0.25, -0.2) is 4.98 Å². The molecule has 2 aromatic rings. The molecule has 0 saturated carbocycles. The van der Waals surface area contributed by atoms with Gasteiger partial charge in [-0.1, -0.05) is 11.3 Å². The average Bonchev–Trinajstić information content (AvgIpc) is 3.21. The van der Waals surface area contributed by atoms with Crippen molar-refractivity contribution in [2.24, 2.45) is 5.92 Å². The summed E-state index contributed by atoms with van der Waals surface area (Å²) in [4.78, 5) is 8.36. The minimum absolute atomic E-state index is 0.321. The van der Waals surface area contributed by atoms with E-state index in [2.05, 4.69) is 25.0 Å². The highest BCUT2D eigenvalue weighted by Gasteiger charge is 2.43. The molecule has 2 aromatic heterocycles. The van der Waals surface area contributed by atoms with Crippen LogP contribution in [-0.2, 0) is 6.18 Å². The van der Waals surface area contributed by atoms with Crippen molar-refractivity contribution < 1.29 is 13.2 Å².